The maximum absolute atomic E-state index is 12.0. The van der Waals surface area contributed by atoms with Crippen molar-refractivity contribution >= 4 is 33.3 Å². The molecule has 0 aliphatic carbocycles. The van der Waals surface area contributed by atoms with Crippen LogP contribution in [0.3, 0.4) is 0 Å². The number of hydrogen-bond acceptors (Lipinski definition) is 3. The summed E-state index contributed by atoms with van der Waals surface area (Å²) in [7, 11) is -3.79. The molecular weight excluding hydrogens is 319 g/mol. The summed E-state index contributed by atoms with van der Waals surface area (Å²) in [6.45, 7) is 1.75. The first-order valence-electron chi connectivity index (χ1n) is 5.78. The summed E-state index contributed by atoms with van der Waals surface area (Å²) >= 11 is 11.7. The fraction of sp³-hybridized carbons (Fsp3) is 0.143. The molecule has 0 radical (unpaired) electrons. The largest absolute Gasteiger partial charge is 0.297 e. The summed E-state index contributed by atoms with van der Waals surface area (Å²) < 4.78 is 29.0. The van der Waals surface area contributed by atoms with Gasteiger partial charge in [-0.3, -0.25) is 4.18 Å². The standard InChI is InChI=1S/C14H12Cl2O3S/c1-10-2-6-13(7-3-10)20(17,18)19-9-11-4-5-12(15)8-14(11)16/h2-8H,9H2,1H3. The summed E-state index contributed by atoms with van der Waals surface area (Å²) in [5.74, 6) is 0. The lowest BCUT2D eigenvalue weighted by Crippen LogP contribution is -2.06. The van der Waals surface area contributed by atoms with Crippen LogP contribution in [0.4, 0.5) is 0 Å². The van der Waals surface area contributed by atoms with Gasteiger partial charge in [-0.05, 0) is 36.8 Å². The van der Waals surface area contributed by atoms with Crippen molar-refractivity contribution in [2.75, 3.05) is 0 Å². The molecule has 2 aromatic rings. The van der Waals surface area contributed by atoms with E-state index in [0.29, 0.717) is 15.6 Å². The van der Waals surface area contributed by atoms with Gasteiger partial charge in [0, 0.05) is 10.0 Å². The van der Waals surface area contributed by atoms with Crippen molar-refractivity contribution in [1.29, 1.82) is 0 Å². The van der Waals surface area contributed by atoms with Crippen molar-refractivity contribution < 1.29 is 12.6 Å². The number of benzene rings is 2. The third-order valence-electron chi connectivity index (χ3n) is 2.69. The average Bonchev–Trinajstić information content (AvgIpc) is 2.38. The molecule has 0 N–H and O–H groups in total. The molecule has 2 rings (SSSR count). The molecule has 20 heavy (non-hydrogen) atoms. The minimum absolute atomic E-state index is 0.119. The predicted octanol–water partition coefficient (Wildman–Crippen LogP) is 4.21. The zero-order valence-corrected chi connectivity index (χ0v) is 13.0. The van der Waals surface area contributed by atoms with E-state index in [1.165, 1.54) is 12.1 Å². The molecule has 0 aromatic heterocycles. The van der Waals surface area contributed by atoms with Crippen molar-refractivity contribution in [3.05, 3.63) is 63.6 Å². The molecule has 0 aliphatic heterocycles. The van der Waals surface area contributed by atoms with Gasteiger partial charge in [-0.25, -0.2) is 0 Å². The van der Waals surface area contributed by atoms with Gasteiger partial charge < -0.3 is 0 Å². The Morgan fingerprint density at radius 2 is 1.70 bits per heavy atom. The van der Waals surface area contributed by atoms with Crippen molar-refractivity contribution in [2.45, 2.75) is 18.4 Å². The minimum Gasteiger partial charge on any atom is -0.261 e. The van der Waals surface area contributed by atoms with Gasteiger partial charge in [0.15, 0.2) is 0 Å². The third-order valence-corrected chi connectivity index (χ3v) is 4.56. The molecule has 0 spiro atoms. The van der Waals surface area contributed by atoms with Crippen LogP contribution in [-0.2, 0) is 20.9 Å². The lowest BCUT2D eigenvalue weighted by molar-refractivity contribution is 0.308. The highest BCUT2D eigenvalue weighted by molar-refractivity contribution is 7.86. The van der Waals surface area contributed by atoms with Gasteiger partial charge in [0.25, 0.3) is 10.1 Å². The molecule has 0 saturated heterocycles. The highest BCUT2D eigenvalue weighted by Crippen LogP contribution is 2.23. The van der Waals surface area contributed by atoms with Crippen molar-refractivity contribution in [1.82, 2.24) is 0 Å². The first-order chi connectivity index (χ1) is 9.38. The molecule has 0 bridgehead atoms. The first kappa shape index (κ1) is 15.3. The van der Waals surface area contributed by atoms with Gasteiger partial charge >= 0.3 is 0 Å². The molecule has 0 unspecified atom stereocenters. The van der Waals surface area contributed by atoms with Gasteiger partial charge in [-0.2, -0.15) is 8.42 Å². The van der Waals surface area contributed by atoms with Gasteiger partial charge in [-0.1, -0.05) is 47.0 Å². The van der Waals surface area contributed by atoms with Crippen LogP contribution < -0.4 is 0 Å². The summed E-state index contributed by atoms with van der Waals surface area (Å²) in [5.41, 5.74) is 1.54. The monoisotopic (exact) mass is 330 g/mol. The highest BCUT2D eigenvalue weighted by atomic mass is 35.5. The second-order valence-electron chi connectivity index (χ2n) is 4.27. The average molecular weight is 331 g/mol. The van der Waals surface area contributed by atoms with Crippen molar-refractivity contribution in [3.63, 3.8) is 0 Å². The molecular formula is C14H12Cl2O3S. The maximum atomic E-state index is 12.0. The summed E-state index contributed by atoms with van der Waals surface area (Å²) in [6.07, 6.45) is 0. The van der Waals surface area contributed by atoms with E-state index in [2.05, 4.69) is 0 Å². The van der Waals surface area contributed by atoms with Gasteiger partial charge in [0.05, 0.1) is 11.5 Å². The number of aryl methyl sites for hydroxylation is 1. The SMILES string of the molecule is Cc1ccc(S(=O)(=O)OCc2ccc(Cl)cc2Cl)cc1. The summed E-state index contributed by atoms with van der Waals surface area (Å²) in [4.78, 5) is 0.119. The van der Waals surface area contributed by atoms with Gasteiger partial charge in [0.1, 0.15) is 0 Å². The second kappa shape index (κ2) is 6.14. The minimum atomic E-state index is -3.79. The van der Waals surface area contributed by atoms with Crippen LogP contribution in [0, 0.1) is 6.92 Å². The van der Waals surface area contributed by atoms with E-state index < -0.39 is 10.1 Å². The van der Waals surface area contributed by atoms with Crippen LogP contribution in [0.5, 0.6) is 0 Å². The summed E-state index contributed by atoms with van der Waals surface area (Å²) in [6, 6.07) is 11.2. The van der Waals surface area contributed by atoms with E-state index in [9.17, 15) is 8.42 Å². The van der Waals surface area contributed by atoms with Crippen molar-refractivity contribution in [2.24, 2.45) is 0 Å². The normalized spacial score (nSPS) is 11.6. The molecule has 2 aromatic carbocycles. The van der Waals surface area contributed by atoms with E-state index in [4.69, 9.17) is 27.4 Å². The van der Waals surface area contributed by atoms with Crippen LogP contribution in [0.25, 0.3) is 0 Å². The predicted molar refractivity (Wildman–Crippen MR) is 79.6 cm³/mol. The van der Waals surface area contributed by atoms with E-state index >= 15 is 0 Å². The molecule has 0 saturated carbocycles. The Morgan fingerprint density at radius 1 is 1.05 bits per heavy atom. The van der Waals surface area contributed by atoms with E-state index in [1.54, 1.807) is 30.3 Å². The fourth-order valence-corrected chi connectivity index (χ4v) is 2.90. The van der Waals surface area contributed by atoms with E-state index in [-0.39, 0.29) is 11.5 Å². The van der Waals surface area contributed by atoms with Crippen molar-refractivity contribution in [3.8, 4) is 0 Å². The molecule has 3 nitrogen and oxygen atoms in total. The summed E-state index contributed by atoms with van der Waals surface area (Å²) in [5, 5.41) is 0.858. The van der Waals surface area contributed by atoms with Gasteiger partial charge in [-0.15, -0.1) is 0 Å². The van der Waals surface area contributed by atoms with Crippen LogP contribution >= 0.6 is 23.2 Å². The molecule has 0 amide bonds. The Morgan fingerprint density at radius 3 is 2.30 bits per heavy atom. The second-order valence-corrected chi connectivity index (χ2v) is 6.72. The molecule has 0 aliphatic rings. The Hall–Kier alpha value is -1.07. The Labute approximate surface area is 128 Å². The van der Waals surface area contributed by atoms with E-state index in [1.807, 2.05) is 6.92 Å². The van der Waals surface area contributed by atoms with E-state index in [0.717, 1.165) is 5.56 Å². The van der Waals surface area contributed by atoms with Gasteiger partial charge in [0.2, 0.25) is 0 Å². The quantitative estimate of drug-likeness (QED) is 0.789. The lowest BCUT2D eigenvalue weighted by Gasteiger charge is -2.07. The number of rotatable bonds is 4. The Bertz CT molecular complexity index is 710. The fourth-order valence-electron chi connectivity index (χ4n) is 1.55. The molecule has 106 valence electrons. The topological polar surface area (TPSA) is 43.4 Å². The zero-order valence-electron chi connectivity index (χ0n) is 10.6. The Balaban J connectivity index is 2.15. The van der Waals surface area contributed by atoms with Crippen LogP contribution in [0.1, 0.15) is 11.1 Å². The first-order valence-corrected chi connectivity index (χ1v) is 7.95. The molecule has 0 fully saturated rings. The smallest absolute Gasteiger partial charge is 0.261 e. The molecule has 0 heterocycles. The highest BCUT2D eigenvalue weighted by Gasteiger charge is 2.15. The lowest BCUT2D eigenvalue weighted by atomic mass is 10.2. The number of halogens is 2. The van der Waals surface area contributed by atoms with Crippen LogP contribution in [0.15, 0.2) is 47.4 Å². The third kappa shape index (κ3) is 3.73. The van der Waals surface area contributed by atoms with Crippen LogP contribution in [-0.4, -0.2) is 8.42 Å². The Kier molecular flexibility index (Phi) is 4.70. The zero-order chi connectivity index (χ0) is 14.8. The maximum Gasteiger partial charge on any atom is 0.297 e. The van der Waals surface area contributed by atoms with Crippen LogP contribution in [0.2, 0.25) is 10.0 Å². The number of hydrogen-bond donors (Lipinski definition) is 0. The molecule has 6 heteroatoms. The molecule has 0 atom stereocenters.